The average Bonchev–Trinajstić information content (AvgIpc) is 3.19. The molecule has 208 valence electrons. The van der Waals surface area contributed by atoms with Gasteiger partial charge in [-0.2, -0.15) is 4.31 Å². The van der Waals surface area contributed by atoms with E-state index in [4.69, 9.17) is 10.7 Å². The second-order valence-electron chi connectivity index (χ2n) is 11.3. The summed E-state index contributed by atoms with van der Waals surface area (Å²) in [5.41, 5.74) is 8.20. The highest BCUT2D eigenvalue weighted by molar-refractivity contribution is 7.92. The zero-order chi connectivity index (χ0) is 27.7. The largest absolute Gasteiger partial charge is 0.325 e. The number of anilines is 1. The van der Waals surface area contributed by atoms with Crippen molar-refractivity contribution >= 4 is 39.4 Å². The number of sulfonamides is 1. The second-order valence-corrected chi connectivity index (χ2v) is 13.2. The molecule has 1 atom stereocenters. The van der Waals surface area contributed by atoms with Crippen LogP contribution in [-0.2, 0) is 19.6 Å². The maximum absolute atomic E-state index is 13.2. The summed E-state index contributed by atoms with van der Waals surface area (Å²) in [5, 5.41) is 7.10. The van der Waals surface area contributed by atoms with Crippen molar-refractivity contribution in [2.45, 2.75) is 84.2 Å². The minimum atomic E-state index is -3.68. The molecule has 1 aromatic rings. The normalized spacial score (nSPS) is 21.6. The Morgan fingerprint density at radius 1 is 1.16 bits per heavy atom. The second kappa shape index (κ2) is 11.3. The number of rotatable bonds is 7. The zero-order valence-electron chi connectivity index (χ0n) is 22.9. The standard InChI is InChI=1S/C28H41N5O4S/c1-18(2)24(29)26(34)30-22-16-19(3)23(20(4)17-22)10-15-38(36,37)33-13-11-28(12-14-33)27(35)31-25(32-28)21-8-6-5-7-9-21/h10,15-18,21,24H,5-9,11-14,29H2,1-4H3,(H,30,34)(H,31,32,35). The number of nitrogens with one attached hydrogen (secondary N) is 2. The quantitative estimate of drug-likeness (QED) is 0.484. The number of carbonyl (C=O) groups is 2. The zero-order valence-corrected chi connectivity index (χ0v) is 23.7. The van der Waals surface area contributed by atoms with Crippen molar-refractivity contribution in [2.24, 2.45) is 22.6 Å². The number of nitrogens with zero attached hydrogens (tertiary/aromatic N) is 2. The molecule has 2 fully saturated rings. The molecule has 2 amide bonds. The number of amidine groups is 1. The summed E-state index contributed by atoms with van der Waals surface area (Å²) < 4.78 is 27.8. The molecule has 4 rings (SSSR count). The maximum atomic E-state index is 13.2. The predicted molar refractivity (Wildman–Crippen MR) is 151 cm³/mol. The molecule has 1 aliphatic carbocycles. The van der Waals surface area contributed by atoms with Crippen molar-refractivity contribution in [1.82, 2.24) is 9.62 Å². The fraction of sp³-hybridized carbons (Fsp3) is 0.607. The van der Waals surface area contributed by atoms with E-state index in [-0.39, 0.29) is 30.8 Å². The van der Waals surface area contributed by atoms with Gasteiger partial charge in [0.1, 0.15) is 11.4 Å². The number of hydrogen-bond donors (Lipinski definition) is 3. The van der Waals surface area contributed by atoms with Crippen molar-refractivity contribution in [3.05, 3.63) is 34.2 Å². The lowest BCUT2D eigenvalue weighted by Crippen LogP contribution is -2.50. The Labute approximate surface area is 226 Å². The summed E-state index contributed by atoms with van der Waals surface area (Å²) in [6, 6.07) is 3.02. The molecule has 1 spiro atoms. The summed E-state index contributed by atoms with van der Waals surface area (Å²) >= 11 is 0. The Balaban J connectivity index is 1.42. The molecule has 1 saturated carbocycles. The first kappa shape index (κ1) is 28.4. The first-order chi connectivity index (χ1) is 17.9. The van der Waals surface area contributed by atoms with Crippen LogP contribution in [0.25, 0.3) is 6.08 Å². The topological polar surface area (TPSA) is 134 Å². The number of aliphatic imine (C=N–C) groups is 1. The third-order valence-electron chi connectivity index (χ3n) is 8.19. The van der Waals surface area contributed by atoms with Gasteiger partial charge in [-0.25, -0.2) is 8.42 Å². The van der Waals surface area contributed by atoms with Crippen molar-refractivity contribution in [3.63, 3.8) is 0 Å². The van der Waals surface area contributed by atoms with Crippen LogP contribution in [-0.4, -0.2) is 55.0 Å². The minimum Gasteiger partial charge on any atom is -0.325 e. The highest BCUT2D eigenvalue weighted by Crippen LogP contribution is 2.35. The van der Waals surface area contributed by atoms with Gasteiger partial charge >= 0.3 is 0 Å². The van der Waals surface area contributed by atoms with Crippen LogP contribution in [0.4, 0.5) is 5.69 Å². The predicted octanol–water partition coefficient (Wildman–Crippen LogP) is 3.47. The molecule has 1 saturated heterocycles. The average molecular weight is 544 g/mol. The first-order valence-electron chi connectivity index (χ1n) is 13.7. The highest BCUT2D eigenvalue weighted by Gasteiger charge is 2.48. The Morgan fingerprint density at radius 3 is 2.34 bits per heavy atom. The van der Waals surface area contributed by atoms with Gasteiger partial charge in [0.15, 0.2) is 0 Å². The van der Waals surface area contributed by atoms with E-state index in [1.54, 1.807) is 6.08 Å². The van der Waals surface area contributed by atoms with E-state index >= 15 is 0 Å². The van der Waals surface area contributed by atoms with Crippen LogP contribution in [0.5, 0.6) is 0 Å². The monoisotopic (exact) mass is 543 g/mol. The van der Waals surface area contributed by atoms with Crippen LogP contribution in [0, 0.1) is 25.7 Å². The van der Waals surface area contributed by atoms with E-state index in [0.717, 1.165) is 48.2 Å². The van der Waals surface area contributed by atoms with Crippen LogP contribution in [0.3, 0.4) is 0 Å². The van der Waals surface area contributed by atoms with Crippen LogP contribution < -0.4 is 16.4 Å². The van der Waals surface area contributed by atoms with Gasteiger partial charge in [-0.05, 0) is 80.3 Å². The van der Waals surface area contributed by atoms with E-state index in [9.17, 15) is 18.0 Å². The molecule has 2 heterocycles. The molecular formula is C28H41N5O4S. The highest BCUT2D eigenvalue weighted by atomic mass is 32.2. The molecule has 1 unspecified atom stereocenters. The van der Waals surface area contributed by atoms with Gasteiger partial charge in [-0.15, -0.1) is 0 Å². The van der Waals surface area contributed by atoms with Gasteiger partial charge in [-0.1, -0.05) is 33.1 Å². The molecule has 9 nitrogen and oxygen atoms in total. The lowest BCUT2D eigenvalue weighted by molar-refractivity contribution is -0.125. The Morgan fingerprint density at radius 2 is 1.76 bits per heavy atom. The third-order valence-corrected chi connectivity index (χ3v) is 9.75. The molecule has 4 N–H and O–H groups in total. The van der Waals surface area contributed by atoms with Gasteiger partial charge in [0, 0.05) is 30.1 Å². The van der Waals surface area contributed by atoms with Crippen LogP contribution in [0.1, 0.15) is 75.5 Å². The number of hydrogen-bond acceptors (Lipinski definition) is 6. The van der Waals surface area contributed by atoms with E-state index in [2.05, 4.69) is 10.6 Å². The van der Waals surface area contributed by atoms with Crippen LogP contribution >= 0.6 is 0 Å². The van der Waals surface area contributed by atoms with Crippen molar-refractivity contribution < 1.29 is 18.0 Å². The number of piperidine rings is 1. The number of benzene rings is 1. The summed E-state index contributed by atoms with van der Waals surface area (Å²) in [4.78, 5) is 30.1. The van der Waals surface area contributed by atoms with Gasteiger partial charge in [0.2, 0.25) is 15.9 Å². The molecule has 1 aromatic carbocycles. The number of aryl methyl sites for hydroxylation is 2. The Hall–Kier alpha value is -2.56. The molecule has 2 aliphatic heterocycles. The lowest BCUT2D eigenvalue weighted by Gasteiger charge is -2.34. The molecule has 0 radical (unpaired) electrons. The van der Waals surface area contributed by atoms with E-state index in [0.29, 0.717) is 24.4 Å². The molecule has 0 aromatic heterocycles. The summed E-state index contributed by atoms with van der Waals surface area (Å²) in [6.45, 7) is 8.04. The van der Waals surface area contributed by atoms with Gasteiger partial charge < -0.3 is 16.4 Å². The van der Waals surface area contributed by atoms with Crippen LogP contribution in [0.2, 0.25) is 0 Å². The fourth-order valence-corrected chi connectivity index (χ4v) is 6.81. The number of nitrogens with two attached hydrogens (primary N) is 1. The molecule has 38 heavy (non-hydrogen) atoms. The molecule has 3 aliphatic rings. The number of carbonyl (C=O) groups excluding carboxylic acids is 2. The summed E-state index contributed by atoms with van der Waals surface area (Å²) in [6.07, 6.45) is 8.03. The third kappa shape index (κ3) is 6.02. The van der Waals surface area contributed by atoms with E-state index < -0.39 is 21.6 Å². The Kier molecular flexibility index (Phi) is 8.44. The molecule has 10 heteroatoms. The van der Waals surface area contributed by atoms with Crippen molar-refractivity contribution in [1.29, 1.82) is 0 Å². The van der Waals surface area contributed by atoms with Gasteiger partial charge in [0.05, 0.1) is 6.04 Å². The Bertz CT molecular complexity index is 1220. The fourth-order valence-electron chi connectivity index (χ4n) is 5.64. The summed E-state index contributed by atoms with van der Waals surface area (Å²) in [5.74, 6) is 0.803. The molecule has 0 bridgehead atoms. The minimum absolute atomic E-state index is 0.0167. The lowest BCUT2D eigenvalue weighted by atomic mass is 9.88. The number of amides is 2. The first-order valence-corrected chi connectivity index (χ1v) is 15.2. The van der Waals surface area contributed by atoms with Crippen molar-refractivity contribution in [2.75, 3.05) is 18.4 Å². The van der Waals surface area contributed by atoms with Crippen molar-refractivity contribution in [3.8, 4) is 0 Å². The SMILES string of the molecule is Cc1cc(NC(=O)C(N)C(C)C)cc(C)c1C=CS(=O)(=O)N1CCC2(CC1)N=C(C1CCCCC1)NC2=O. The van der Waals surface area contributed by atoms with E-state index in [1.807, 2.05) is 39.8 Å². The van der Waals surface area contributed by atoms with Gasteiger partial charge in [-0.3, -0.25) is 14.6 Å². The maximum Gasteiger partial charge on any atom is 0.253 e. The molecular weight excluding hydrogens is 502 g/mol. The van der Waals surface area contributed by atoms with Gasteiger partial charge in [0.25, 0.3) is 5.91 Å². The van der Waals surface area contributed by atoms with Crippen LogP contribution in [0.15, 0.2) is 22.5 Å². The summed E-state index contributed by atoms with van der Waals surface area (Å²) in [7, 11) is -3.68. The smallest absolute Gasteiger partial charge is 0.253 e. The van der Waals surface area contributed by atoms with E-state index in [1.165, 1.54) is 16.1 Å².